The quantitative estimate of drug-likeness (QED) is 0.749. The first-order chi connectivity index (χ1) is 6.29. The molecule has 1 rings (SSSR count). The lowest BCUT2D eigenvalue weighted by Gasteiger charge is -2.10. The summed E-state index contributed by atoms with van der Waals surface area (Å²) in [6.45, 7) is 0. The predicted octanol–water partition coefficient (Wildman–Crippen LogP) is 2.36. The molecule has 0 aliphatic heterocycles. The van der Waals surface area contributed by atoms with Crippen LogP contribution in [0.15, 0.2) is 29.2 Å². The van der Waals surface area contributed by atoms with E-state index in [2.05, 4.69) is 0 Å². The van der Waals surface area contributed by atoms with Crippen LogP contribution >= 0.6 is 11.8 Å². The summed E-state index contributed by atoms with van der Waals surface area (Å²) in [7, 11) is 0. The molecule has 0 aromatic heterocycles. The fourth-order valence-electron chi connectivity index (χ4n) is 1.14. The van der Waals surface area contributed by atoms with E-state index in [1.54, 1.807) is 11.8 Å². The Morgan fingerprint density at radius 2 is 2.23 bits per heavy atom. The molecule has 0 amide bonds. The van der Waals surface area contributed by atoms with Crippen LogP contribution in [0.2, 0.25) is 0 Å². The number of nitriles is 1. The number of nitrogens with zero attached hydrogens (tertiary/aromatic N) is 1. The summed E-state index contributed by atoms with van der Waals surface area (Å²) in [6, 6.07) is 9.55. The molecule has 0 aliphatic carbocycles. The molecule has 3 heteroatoms. The van der Waals surface area contributed by atoms with Gasteiger partial charge in [-0.15, -0.1) is 11.8 Å². The van der Waals surface area contributed by atoms with E-state index >= 15 is 0 Å². The van der Waals surface area contributed by atoms with Crippen LogP contribution in [0.1, 0.15) is 18.1 Å². The fraction of sp³-hybridized carbons (Fsp3) is 0.300. The van der Waals surface area contributed by atoms with Crippen molar-refractivity contribution in [3.63, 3.8) is 0 Å². The summed E-state index contributed by atoms with van der Waals surface area (Å²) in [5, 5.41) is 18.0. The van der Waals surface area contributed by atoms with E-state index in [1.165, 1.54) is 0 Å². The van der Waals surface area contributed by atoms with Gasteiger partial charge in [-0.05, 0) is 17.9 Å². The highest BCUT2D eigenvalue weighted by Gasteiger charge is 2.10. The molecular weight excluding hydrogens is 182 g/mol. The van der Waals surface area contributed by atoms with Gasteiger partial charge in [0, 0.05) is 4.90 Å². The van der Waals surface area contributed by atoms with Gasteiger partial charge in [0.05, 0.1) is 18.6 Å². The molecule has 0 fully saturated rings. The van der Waals surface area contributed by atoms with Gasteiger partial charge in [-0.2, -0.15) is 5.26 Å². The third-order valence-corrected chi connectivity index (χ3v) is 2.59. The second-order valence-electron chi connectivity index (χ2n) is 2.62. The third kappa shape index (κ3) is 2.48. The van der Waals surface area contributed by atoms with Crippen LogP contribution in [0.4, 0.5) is 0 Å². The van der Waals surface area contributed by atoms with Gasteiger partial charge in [0.2, 0.25) is 0 Å². The fourth-order valence-corrected chi connectivity index (χ4v) is 1.79. The molecule has 0 radical (unpaired) electrons. The van der Waals surface area contributed by atoms with E-state index in [9.17, 15) is 5.11 Å². The minimum atomic E-state index is -0.659. The molecule has 1 N–H and O–H groups in total. The Labute approximate surface area is 82.2 Å². The average Bonchev–Trinajstić information content (AvgIpc) is 2.18. The Morgan fingerprint density at radius 1 is 1.54 bits per heavy atom. The number of rotatable bonds is 3. The first kappa shape index (κ1) is 10.1. The van der Waals surface area contributed by atoms with Gasteiger partial charge in [-0.25, -0.2) is 0 Å². The van der Waals surface area contributed by atoms with Crippen molar-refractivity contribution in [3.05, 3.63) is 29.8 Å². The van der Waals surface area contributed by atoms with Crippen LogP contribution in [0.25, 0.3) is 0 Å². The number of aliphatic hydroxyl groups excluding tert-OH is 1. The SMILES string of the molecule is CSc1ccccc1C(O)CC#N. The molecule has 0 saturated heterocycles. The van der Waals surface area contributed by atoms with E-state index in [-0.39, 0.29) is 6.42 Å². The summed E-state index contributed by atoms with van der Waals surface area (Å²) in [5.41, 5.74) is 0.844. The van der Waals surface area contributed by atoms with Gasteiger partial charge in [-0.3, -0.25) is 0 Å². The Balaban J connectivity index is 2.93. The standard InChI is InChI=1S/C10H11NOS/c1-13-10-5-3-2-4-8(10)9(12)6-7-11/h2-5,9,12H,6H2,1H3. The van der Waals surface area contributed by atoms with Crippen LogP contribution in [-0.4, -0.2) is 11.4 Å². The van der Waals surface area contributed by atoms with E-state index in [1.807, 2.05) is 36.6 Å². The van der Waals surface area contributed by atoms with E-state index in [0.717, 1.165) is 10.5 Å². The molecule has 1 aromatic rings. The van der Waals surface area contributed by atoms with Crippen molar-refractivity contribution < 1.29 is 5.11 Å². The first-order valence-corrected chi connectivity index (χ1v) is 5.20. The molecule has 68 valence electrons. The summed E-state index contributed by atoms with van der Waals surface area (Å²) in [4.78, 5) is 1.03. The molecule has 0 heterocycles. The Hall–Kier alpha value is -0.980. The Kier molecular flexibility index (Phi) is 3.81. The molecule has 0 saturated carbocycles. The second-order valence-corrected chi connectivity index (χ2v) is 3.47. The van der Waals surface area contributed by atoms with Crippen molar-refractivity contribution in [1.29, 1.82) is 5.26 Å². The number of benzene rings is 1. The van der Waals surface area contributed by atoms with Crippen LogP contribution < -0.4 is 0 Å². The van der Waals surface area contributed by atoms with Gasteiger partial charge < -0.3 is 5.11 Å². The Bertz CT molecular complexity index is 319. The molecule has 1 atom stereocenters. The van der Waals surface area contributed by atoms with E-state index in [0.29, 0.717) is 0 Å². The van der Waals surface area contributed by atoms with Crippen LogP contribution in [-0.2, 0) is 0 Å². The van der Waals surface area contributed by atoms with Crippen molar-refractivity contribution in [2.75, 3.05) is 6.26 Å². The predicted molar refractivity (Wildman–Crippen MR) is 53.4 cm³/mol. The molecule has 0 spiro atoms. The lowest BCUT2D eigenvalue weighted by atomic mass is 10.1. The largest absolute Gasteiger partial charge is 0.387 e. The third-order valence-electron chi connectivity index (χ3n) is 1.78. The zero-order chi connectivity index (χ0) is 9.68. The lowest BCUT2D eigenvalue weighted by molar-refractivity contribution is 0.180. The number of aliphatic hydroxyl groups is 1. The van der Waals surface area contributed by atoms with E-state index in [4.69, 9.17) is 5.26 Å². The molecule has 2 nitrogen and oxygen atoms in total. The lowest BCUT2D eigenvalue weighted by Crippen LogP contribution is -1.97. The summed E-state index contributed by atoms with van der Waals surface area (Å²) in [5.74, 6) is 0. The van der Waals surface area contributed by atoms with Gasteiger partial charge in [0.25, 0.3) is 0 Å². The molecule has 13 heavy (non-hydrogen) atoms. The molecule has 0 aliphatic rings. The van der Waals surface area contributed by atoms with Crippen molar-refractivity contribution in [2.24, 2.45) is 0 Å². The summed E-state index contributed by atoms with van der Waals surface area (Å²) >= 11 is 1.58. The smallest absolute Gasteiger partial charge is 0.0930 e. The number of hydrogen-bond acceptors (Lipinski definition) is 3. The second kappa shape index (κ2) is 4.90. The number of hydrogen-bond donors (Lipinski definition) is 1. The minimum Gasteiger partial charge on any atom is -0.387 e. The first-order valence-electron chi connectivity index (χ1n) is 3.97. The zero-order valence-electron chi connectivity index (χ0n) is 7.40. The monoisotopic (exact) mass is 193 g/mol. The highest BCUT2D eigenvalue weighted by molar-refractivity contribution is 7.98. The topological polar surface area (TPSA) is 44.0 Å². The number of thioether (sulfide) groups is 1. The van der Waals surface area contributed by atoms with Crippen LogP contribution in [0.3, 0.4) is 0 Å². The van der Waals surface area contributed by atoms with Crippen molar-refractivity contribution in [2.45, 2.75) is 17.4 Å². The summed E-state index contributed by atoms with van der Waals surface area (Å²) in [6.07, 6.45) is 1.45. The molecular formula is C10H11NOS. The van der Waals surface area contributed by atoms with Gasteiger partial charge >= 0.3 is 0 Å². The van der Waals surface area contributed by atoms with Gasteiger partial charge in [0.1, 0.15) is 0 Å². The van der Waals surface area contributed by atoms with Crippen molar-refractivity contribution in [3.8, 4) is 6.07 Å². The highest BCUT2D eigenvalue weighted by atomic mass is 32.2. The maximum atomic E-state index is 9.60. The maximum Gasteiger partial charge on any atom is 0.0930 e. The summed E-state index contributed by atoms with van der Waals surface area (Å²) < 4.78 is 0. The van der Waals surface area contributed by atoms with Crippen LogP contribution in [0, 0.1) is 11.3 Å². The van der Waals surface area contributed by atoms with Crippen molar-refractivity contribution >= 4 is 11.8 Å². The van der Waals surface area contributed by atoms with E-state index < -0.39 is 6.10 Å². The van der Waals surface area contributed by atoms with Crippen LogP contribution in [0.5, 0.6) is 0 Å². The normalized spacial score (nSPS) is 12.1. The highest BCUT2D eigenvalue weighted by Crippen LogP contribution is 2.26. The van der Waals surface area contributed by atoms with Crippen molar-refractivity contribution in [1.82, 2.24) is 0 Å². The maximum absolute atomic E-state index is 9.60. The molecule has 0 bridgehead atoms. The van der Waals surface area contributed by atoms with Gasteiger partial charge in [-0.1, -0.05) is 18.2 Å². The molecule has 1 aromatic carbocycles. The van der Waals surface area contributed by atoms with Gasteiger partial charge in [0.15, 0.2) is 0 Å². The average molecular weight is 193 g/mol. The Morgan fingerprint density at radius 3 is 2.85 bits per heavy atom. The zero-order valence-corrected chi connectivity index (χ0v) is 8.21. The minimum absolute atomic E-state index is 0.150. The molecule has 1 unspecified atom stereocenters.